The summed E-state index contributed by atoms with van der Waals surface area (Å²) in [6.45, 7) is 3.51. The van der Waals surface area contributed by atoms with Crippen LogP contribution < -0.4 is 10.7 Å². The third-order valence-electron chi connectivity index (χ3n) is 2.43. The summed E-state index contributed by atoms with van der Waals surface area (Å²) in [6.07, 6.45) is 4.42. The van der Waals surface area contributed by atoms with Crippen molar-refractivity contribution < 1.29 is 9.21 Å². The summed E-state index contributed by atoms with van der Waals surface area (Å²) < 4.78 is 5.30. The van der Waals surface area contributed by atoms with Crippen molar-refractivity contribution in [2.24, 2.45) is 0 Å². The number of hydrogen-bond donors (Lipinski definition) is 2. The van der Waals surface area contributed by atoms with Gasteiger partial charge in [0.2, 0.25) is 5.89 Å². The first kappa shape index (κ1) is 12.1. The maximum Gasteiger partial charge on any atom is 0.257 e. The van der Waals surface area contributed by atoms with Gasteiger partial charge in [-0.2, -0.15) is 0 Å². The maximum absolute atomic E-state index is 11.9. The summed E-state index contributed by atoms with van der Waals surface area (Å²) in [5, 5.41) is 2.65. The highest BCUT2D eigenvalue weighted by molar-refractivity contribution is 5.93. The number of aryl methyl sites for hydroxylation is 1. The molecule has 2 N–H and O–H groups in total. The van der Waals surface area contributed by atoms with Gasteiger partial charge >= 0.3 is 0 Å². The van der Waals surface area contributed by atoms with Crippen molar-refractivity contribution in [3.8, 4) is 0 Å². The lowest BCUT2D eigenvalue weighted by Gasteiger charge is -2.09. The van der Waals surface area contributed by atoms with Crippen LogP contribution in [0.4, 0.5) is 0 Å². The Hall–Kier alpha value is -2.37. The van der Waals surface area contributed by atoms with Crippen molar-refractivity contribution in [2.75, 3.05) is 0 Å². The fraction of sp³-hybridized carbons (Fsp3) is 0.250. The molecule has 2 heterocycles. The molecular formula is C12H13N3O3. The summed E-state index contributed by atoms with van der Waals surface area (Å²) in [5.74, 6) is 0.622. The van der Waals surface area contributed by atoms with Crippen molar-refractivity contribution in [1.29, 1.82) is 0 Å². The number of nitrogens with zero attached hydrogens (tertiary/aromatic N) is 1. The molecule has 0 saturated carbocycles. The van der Waals surface area contributed by atoms with E-state index in [1.165, 1.54) is 18.5 Å². The normalized spacial score (nSPS) is 12.1. The predicted octanol–water partition coefficient (Wildman–Crippen LogP) is 1.16. The van der Waals surface area contributed by atoms with Gasteiger partial charge in [0, 0.05) is 18.5 Å². The Balaban J connectivity index is 2.13. The SMILES string of the molecule is Cc1cnc(C(C)NC(=O)c2c[nH]ccc2=O)o1. The van der Waals surface area contributed by atoms with E-state index < -0.39 is 11.9 Å². The molecule has 0 aliphatic heterocycles. The number of pyridine rings is 1. The van der Waals surface area contributed by atoms with Gasteiger partial charge < -0.3 is 14.7 Å². The van der Waals surface area contributed by atoms with Crippen molar-refractivity contribution >= 4 is 5.91 Å². The molecule has 2 aromatic rings. The lowest BCUT2D eigenvalue weighted by atomic mass is 10.2. The van der Waals surface area contributed by atoms with E-state index in [2.05, 4.69) is 15.3 Å². The van der Waals surface area contributed by atoms with Gasteiger partial charge in [-0.05, 0) is 13.8 Å². The van der Waals surface area contributed by atoms with Crippen molar-refractivity contribution in [3.63, 3.8) is 0 Å². The molecule has 0 spiro atoms. The fourth-order valence-electron chi connectivity index (χ4n) is 1.50. The van der Waals surface area contributed by atoms with E-state index in [0.717, 1.165) is 0 Å². The van der Waals surface area contributed by atoms with Crippen LogP contribution >= 0.6 is 0 Å². The summed E-state index contributed by atoms with van der Waals surface area (Å²) in [4.78, 5) is 30.0. The van der Waals surface area contributed by atoms with Gasteiger partial charge in [0.15, 0.2) is 5.43 Å². The molecule has 0 radical (unpaired) electrons. The van der Waals surface area contributed by atoms with Crippen LogP contribution in [0.3, 0.4) is 0 Å². The molecule has 1 atom stereocenters. The lowest BCUT2D eigenvalue weighted by molar-refractivity contribution is 0.0932. The summed E-state index contributed by atoms with van der Waals surface area (Å²) >= 11 is 0. The number of aromatic nitrogens is 2. The first-order chi connectivity index (χ1) is 8.58. The van der Waals surface area contributed by atoms with Crippen molar-refractivity contribution in [3.05, 3.63) is 52.1 Å². The van der Waals surface area contributed by atoms with Gasteiger partial charge in [-0.15, -0.1) is 0 Å². The standard InChI is InChI=1S/C12H13N3O3/c1-7-5-14-12(18-7)8(2)15-11(17)9-6-13-4-3-10(9)16/h3-6,8H,1-2H3,(H,13,16)(H,15,17). The van der Waals surface area contributed by atoms with Gasteiger partial charge in [-0.25, -0.2) is 4.98 Å². The minimum atomic E-state index is -0.458. The van der Waals surface area contributed by atoms with E-state index in [0.29, 0.717) is 11.7 Å². The Kier molecular flexibility index (Phi) is 3.27. The predicted molar refractivity (Wildman–Crippen MR) is 64.2 cm³/mol. The van der Waals surface area contributed by atoms with E-state index in [9.17, 15) is 9.59 Å². The van der Waals surface area contributed by atoms with Crippen LogP contribution in [0.1, 0.15) is 35.0 Å². The second-order valence-electron chi connectivity index (χ2n) is 3.93. The van der Waals surface area contributed by atoms with Gasteiger partial charge in [0.25, 0.3) is 5.91 Å². The average Bonchev–Trinajstić information content (AvgIpc) is 2.76. The third kappa shape index (κ3) is 2.48. The molecule has 0 fully saturated rings. The highest BCUT2D eigenvalue weighted by Gasteiger charge is 2.16. The first-order valence-corrected chi connectivity index (χ1v) is 5.48. The second-order valence-corrected chi connectivity index (χ2v) is 3.93. The monoisotopic (exact) mass is 247 g/mol. The van der Waals surface area contributed by atoms with E-state index in [4.69, 9.17) is 4.42 Å². The molecule has 1 unspecified atom stereocenters. The van der Waals surface area contributed by atoms with Crippen LogP contribution in [0.5, 0.6) is 0 Å². The molecule has 2 aromatic heterocycles. The van der Waals surface area contributed by atoms with Crippen LogP contribution in [0, 0.1) is 6.92 Å². The molecule has 0 aliphatic carbocycles. The number of nitrogens with one attached hydrogen (secondary N) is 2. The summed E-state index contributed by atoms with van der Waals surface area (Å²) in [7, 11) is 0. The maximum atomic E-state index is 11.9. The summed E-state index contributed by atoms with van der Waals surface area (Å²) in [5.41, 5.74) is -0.269. The van der Waals surface area contributed by atoms with Crippen molar-refractivity contribution in [2.45, 2.75) is 19.9 Å². The Morgan fingerprint density at radius 1 is 1.56 bits per heavy atom. The van der Waals surface area contributed by atoms with Crippen LogP contribution in [-0.4, -0.2) is 15.9 Å². The van der Waals surface area contributed by atoms with E-state index >= 15 is 0 Å². The highest BCUT2D eigenvalue weighted by Crippen LogP contribution is 2.12. The average molecular weight is 247 g/mol. The number of aromatic amines is 1. The number of carbonyl (C=O) groups is 1. The number of rotatable bonds is 3. The van der Waals surface area contributed by atoms with Crippen LogP contribution in [0.15, 0.2) is 33.9 Å². The van der Waals surface area contributed by atoms with Crippen LogP contribution in [0.25, 0.3) is 0 Å². The van der Waals surface area contributed by atoms with Crippen molar-refractivity contribution in [1.82, 2.24) is 15.3 Å². The van der Waals surface area contributed by atoms with Gasteiger partial charge in [0.1, 0.15) is 17.4 Å². The molecule has 2 rings (SSSR count). The lowest BCUT2D eigenvalue weighted by Crippen LogP contribution is -2.30. The third-order valence-corrected chi connectivity index (χ3v) is 2.43. The molecule has 1 amide bonds. The molecule has 6 heteroatoms. The minimum absolute atomic E-state index is 0.0626. The number of hydrogen-bond acceptors (Lipinski definition) is 4. The molecule has 94 valence electrons. The molecule has 0 saturated heterocycles. The van der Waals surface area contributed by atoms with Crippen LogP contribution in [-0.2, 0) is 0 Å². The summed E-state index contributed by atoms with van der Waals surface area (Å²) in [6, 6.07) is 0.903. The largest absolute Gasteiger partial charge is 0.444 e. The quantitative estimate of drug-likeness (QED) is 0.851. The molecule has 6 nitrogen and oxygen atoms in total. The molecule has 0 aliphatic rings. The van der Waals surface area contributed by atoms with Gasteiger partial charge in [0.05, 0.1) is 6.20 Å². The Bertz CT molecular complexity index is 615. The zero-order valence-electron chi connectivity index (χ0n) is 10.1. The topological polar surface area (TPSA) is 88.0 Å². The second kappa shape index (κ2) is 4.87. The number of oxazole rings is 1. The number of H-pyrrole nitrogens is 1. The Morgan fingerprint density at radius 3 is 2.94 bits per heavy atom. The Morgan fingerprint density at radius 2 is 2.33 bits per heavy atom. The van der Waals surface area contributed by atoms with Gasteiger partial charge in [-0.1, -0.05) is 0 Å². The Labute approximate surface area is 103 Å². The minimum Gasteiger partial charge on any atom is -0.444 e. The van der Waals surface area contributed by atoms with Gasteiger partial charge in [-0.3, -0.25) is 9.59 Å². The molecular weight excluding hydrogens is 234 g/mol. The fourth-order valence-corrected chi connectivity index (χ4v) is 1.50. The molecule has 18 heavy (non-hydrogen) atoms. The number of carbonyl (C=O) groups excluding carboxylic acids is 1. The highest BCUT2D eigenvalue weighted by atomic mass is 16.4. The molecule has 0 bridgehead atoms. The van der Waals surface area contributed by atoms with Crippen LogP contribution in [0.2, 0.25) is 0 Å². The smallest absolute Gasteiger partial charge is 0.257 e. The van der Waals surface area contributed by atoms with E-state index in [-0.39, 0.29) is 11.0 Å². The van der Waals surface area contributed by atoms with E-state index in [1.54, 1.807) is 20.0 Å². The van der Waals surface area contributed by atoms with E-state index in [1.807, 2.05) is 0 Å². The zero-order chi connectivity index (χ0) is 13.1. The zero-order valence-corrected chi connectivity index (χ0v) is 10.1. The molecule has 0 aromatic carbocycles. The first-order valence-electron chi connectivity index (χ1n) is 5.48. The number of amides is 1.